The Morgan fingerprint density at radius 3 is 2.36 bits per heavy atom. The van der Waals surface area contributed by atoms with Crippen LogP contribution in [0.1, 0.15) is 12.8 Å². The van der Waals surface area contributed by atoms with E-state index in [-0.39, 0.29) is 5.91 Å². The number of halogens is 2. The average molecular weight is 239 g/mol. The molecule has 14 heavy (non-hydrogen) atoms. The minimum atomic E-state index is -0.931. The fourth-order valence-electron chi connectivity index (χ4n) is 1.72. The van der Waals surface area contributed by atoms with Gasteiger partial charge in [-0.2, -0.15) is 0 Å². The number of rotatable bonds is 2. The highest BCUT2D eigenvalue weighted by Gasteiger charge is 2.26. The van der Waals surface area contributed by atoms with Crippen LogP contribution in [0.5, 0.6) is 0 Å². The highest BCUT2D eigenvalue weighted by molar-refractivity contribution is 6.53. The molecule has 1 aliphatic heterocycles. The Kier molecular flexibility index (Phi) is 4.48. The van der Waals surface area contributed by atoms with Crippen molar-refractivity contribution >= 4 is 29.1 Å². The zero-order chi connectivity index (χ0) is 10.7. The lowest BCUT2D eigenvalue weighted by Gasteiger charge is -2.35. The van der Waals surface area contributed by atoms with E-state index >= 15 is 0 Å². The first kappa shape index (κ1) is 12.1. The Labute approximate surface area is 94.9 Å². The van der Waals surface area contributed by atoms with Crippen molar-refractivity contribution in [3.63, 3.8) is 0 Å². The van der Waals surface area contributed by atoms with Gasteiger partial charge < -0.3 is 9.80 Å². The number of hydrogen-bond donors (Lipinski definition) is 0. The molecule has 0 saturated carbocycles. The smallest absolute Gasteiger partial charge is 0.255 e. The Morgan fingerprint density at radius 2 is 1.93 bits per heavy atom. The lowest BCUT2D eigenvalue weighted by Crippen LogP contribution is -2.46. The van der Waals surface area contributed by atoms with E-state index in [1.54, 1.807) is 11.9 Å². The summed E-state index contributed by atoms with van der Waals surface area (Å²) >= 11 is 11.1. The van der Waals surface area contributed by atoms with Crippen LogP contribution in [0.4, 0.5) is 0 Å². The van der Waals surface area contributed by atoms with E-state index in [0.717, 1.165) is 25.9 Å². The second-order valence-electron chi connectivity index (χ2n) is 3.78. The van der Waals surface area contributed by atoms with E-state index in [9.17, 15) is 4.79 Å². The number of carbonyl (C=O) groups excluding carboxylic acids is 1. The molecule has 1 aliphatic rings. The fraction of sp³-hybridized carbons (Fsp3) is 0.889. The summed E-state index contributed by atoms with van der Waals surface area (Å²) in [5, 5.41) is 0. The molecule has 1 heterocycles. The molecule has 82 valence electrons. The maximum Gasteiger partial charge on any atom is 0.255 e. The highest BCUT2D eigenvalue weighted by Crippen LogP contribution is 2.17. The van der Waals surface area contributed by atoms with Gasteiger partial charge in [0.05, 0.1) is 0 Å². The summed E-state index contributed by atoms with van der Waals surface area (Å²) in [6.45, 7) is 2.05. The minimum absolute atomic E-state index is 0.192. The molecule has 0 atom stereocenters. The third-order valence-electron chi connectivity index (χ3n) is 2.77. The van der Waals surface area contributed by atoms with Gasteiger partial charge >= 0.3 is 0 Å². The van der Waals surface area contributed by atoms with E-state index in [4.69, 9.17) is 23.2 Å². The van der Waals surface area contributed by atoms with Gasteiger partial charge in [0.25, 0.3) is 5.91 Å². The third-order valence-corrected chi connectivity index (χ3v) is 3.14. The van der Waals surface area contributed by atoms with E-state index in [0.29, 0.717) is 6.04 Å². The van der Waals surface area contributed by atoms with Crippen LogP contribution in [0, 0.1) is 0 Å². The van der Waals surface area contributed by atoms with Crippen LogP contribution in [0.15, 0.2) is 0 Å². The van der Waals surface area contributed by atoms with Gasteiger partial charge in [-0.15, -0.1) is 0 Å². The van der Waals surface area contributed by atoms with Gasteiger partial charge in [-0.05, 0) is 33.0 Å². The molecule has 3 nitrogen and oxygen atoms in total. The van der Waals surface area contributed by atoms with Crippen LogP contribution in [0.3, 0.4) is 0 Å². The summed E-state index contributed by atoms with van der Waals surface area (Å²) < 4.78 is 0. The lowest BCUT2D eigenvalue weighted by atomic mass is 10.0. The maximum atomic E-state index is 11.5. The molecule has 1 amide bonds. The van der Waals surface area contributed by atoms with Gasteiger partial charge in [0.1, 0.15) is 0 Å². The van der Waals surface area contributed by atoms with Gasteiger partial charge in [-0.1, -0.05) is 23.2 Å². The molecule has 0 aromatic carbocycles. The molecule has 0 N–H and O–H groups in total. The van der Waals surface area contributed by atoms with Crippen LogP contribution < -0.4 is 0 Å². The zero-order valence-corrected chi connectivity index (χ0v) is 10.1. The van der Waals surface area contributed by atoms with Crippen LogP contribution in [-0.4, -0.2) is 53.8 Å². The SMILES string of the molecule is CN1CCC(N(C)C(=O)C(Cl)Cl)CC1. The minimum Gasteiger partial charge on any atom is -0.340 e. The number of piperidine rings is 1. The molecule has 5 heteroatoms. The normalized spacial score (nSPS) is 20.1. The molecular formula is C9H16Cl2N2O. The third kappa shape index (κ3) is 3.01. The van der Waals surface area contributed by atoms with Crippen LogP contribution in [-0.2, 0) is 4.79 Å². The van der Waals surface area contributed by atoms with Gasteiger partial charge in [0.15, 0.2) is 4.84 Å². The van der Waals surface area contributed by atoms with Crippen molar-refractivity contribution < 1.29 is 4.79 Å². The summed E-state index contributed by atoms with van der Waals surface area (Å²) in [7, 11) is 3.86. The second-order valence-corrected chi connectivity index (χ2v) is 4.88. The van der Waals surface area contributed by atoms with Crippen LogP contribution >= 0.6 is 23.2 Å². The molecule has 0 aliphatic carbocycles. The van der Waals surface area contributed by atoms with Crippen molar-refractivity contribution in [2.45, 2.75) is 23.7 Å². The van der Waals surface area contributed by atoms with E-state index in [1.165, 1.54) is 0 Å². The Bertz CT molecular complexity index is 203. The topological polar surface area (TPSA) is 23.6 Å². The Hall–Kier alpha value is 0.01000. The van der Waals surface area contributed by atoms with Crippen molar-refractivity contribution in [2.75, 3.05) is 27.2 Å². The molecule has 1 rings (SSSR count). The first-order chi connectivity index (χ1) is 6.52. The van der Waals surface area contributed by atoms with Crippen LogP contribution in [0.25, 0.3) is 0 Å². The molecular weight excluding hydrogens is 223 g/mol. The number of nitrogens with zero attached hydrogens (tertiary/aromatic N) is 2. The molecule has 0 unspecified atom stereocenters. The van der Waals surface area contributed by atoms with Crippen molar-refractivity contribution in [3.8, 4) is 0 Å². The van der Waals surface area contributed by atoms with Gasteiger partial charge in [-0.25, -0.2) is 0 Å². The molecule has 1 saturated heterocycles. The molecule has 0 aromatic heterocycles. The summed E-state index contributed by atoms with van der Waals surface area (Å²) in [5.41, 5.74) is 0. The van der Waals surface area contributed by atoms with Crippen molar-refractivity contribution in [3.05, 3.63) is 0 Å². The number of carbonyl (C=O) groups is 1. The number of alkyl halides is 2. The van der Waals surface area contributed by atoms with Gasteiger partial charge in [-0.3, -0.25) is 4.79 Å². The average Bonchev–Trinajstić information content (AvgIpc) is 2.16. The van der Waals surface area contributed by atoms with E-state index in [1.807, 2.05) is 0 Å². The van der Waals surface area contributed by atoms with E-state index in [2.05, 4.69) is 11.9 Å². The quantitative estimate of drug-likeness (QED) is 0.679. The molecule has 0 aromatic rings. The first-order valence-corrected chi connectivity index (χ1v) is 5.63. The zero-order valence-electron chi connectivity index (χ0n) is 8.54. The van der Waals surface area contributed by atoms with Crippen molar-refractivity contribution in [1.82, 2.24) is 9.80 Å². The number of amides is 1. The van der Waals surface area contributed by atoms with E-state index < -0.39 is 4.84 Å². The Balaban J connectivity index is 2.45. The van der Waals surface area contributed by atoms with Gasteiger partial charge in [0.2, 0.25) is 0 Å². The summed E-state index contributed by atoms with van der Waals surface area (Å²) in [6.07, 6.45) is 2.00. The van der Waals surface area contributed by atoms with Crippen molar-refractivity contribution in [1.29, 1.82) is 0 Å². The van der Waals surface area contributed by atoms with Gasteiger partial charge in [0, 0.05) is 13.1 Å². The molecule has 0 radical (unpaired) electrons. The lowest BCUT2D eigenvalue weighted by molar-refractivity contribution is -0.130. The second kappa shape index (κ2) is 5.19. The number of hydrogen-bond acceptors (Lipinski definition) is 2. The molecule has 1 fully saturated rings. The molecule has 0 bridgehead atoms. The largest absolute Gasteiger partial charge is 0.340 e. The summed E-state index contributed by atoms with van der Waals surface area (Å²) in [4.78, 5) is 14.5. The highest BCUT2D eigenvalue weighted by atomic mass is 35.5. The maximum absolute atomic E-state index is 11.5. The summed E-state index contributed by atoms with van der Waals surface area (Å²) in [5.74, 6) is -0.192. The number of likely N-dealkylation sites (tertiary alicyclic amines) is 1. The first-order valence-electron chi connectivity index (χ1n) is 4.75. The summed E-state index contributed by atoms with van der Waals surface area (Å²) in [6, 6.07) is 0.290. The predicted molar refractivity (Wildman–Crippen MR) is 58.8 cm³/mol. The van der Waals surface area contributed by atoms with Crippen LogP contribution in [0.2, 0.25) is 0 Å². The predicted octanol–water partition coefficient (Wildman–Crippen LogP) is 1.34. The standard InChI is InChI=1S/C9H16Cl2N2O/c1-12-5-3-7(4-6-12)13(2)9(14)8(10)11/h7-8H,3-6H2,1-2H3. The Morgan fingerprint density at radius 1 is 1.43 bits per heavy atom. The fourth-order valence-corrected chi connectivity index (χ4v) is 2.02. The molecule has 0 spiro atoms. The van der Waals surface area contributed by atoms with Crippen molar-refractivity contribution in [2.24, 2.45) is 0 Å². The monoisotopic (exact) mass is 238 g/mol.